The van der Waals surface area contributed by atoms with Gasteiger partial charge in [-0.1, -0.05) is 0 Å². The molecule has 1 aromatic rings. The molecule has 2 rings (SSSR count). The summed E-state index contributed by atoms with van der Waals surface area (Å²) in [6.07, 6.45) is 1.94. The van der Waals surface area contributed by atoms with Crippen molar-refractivity contribution in [1.29, 1.82) is 0 Å². The summed E-state index contributed by atoms with van der Waals surface area (Å²) in [6.45, 7) is 7.20. The predicted molar refractivity (Wildman–Crippen MR) is 85.4 cm³/mol. The number of pyridine rings is 1. The Bertz CT molecular complexity index is 585. The molecular weight excluding hydrogens is 300 g/mol. The molecule has 8 nitrogen and oxygen atoms in total. The van der Waals surface area contributed by atoms with Crippen LogP contribution in [0, 0.1) is 16.0 Å². The second kappa shape index (κ2) is 6.80. The van der Waals surface area contributed by atoms with Crippen molar-refractivity contribution in [3.05, 3.63) is 28.4 Å². The number of carbonyl (C=O) groups is 1. The zero-order valence-electron chi connectivity index (χ0n) is 13.6. The Kier molecular flexibility index (Phi) is 5.02. The van der Waals surface area contributed by atoms with Crippen LogP contribution in [0.5, 0.6) is 0 Å². The van der Waals surface area contributed by atoms with Gasteiger partial charge < -0.3 is 15.0 Å². The van der Waals surface area contributed by atoms with Crippen molar-refractivity contribution in [2.75, 3.05) is 24.5 Å². The quantitative estimate of drug-likeness (QED) is 0.675. The van der Waals surface area contributed by atoms with Gasteiger partial charge in [-0.05, 0) is 39.2 Å². The molecule has 126 valence electrons. The lowest BCUT2D eigenvalue weighted by molar-refractivity contribution is -0.384. The maximum atomic E-state index is 11.7. The van der Waals surface area contributed by atoms with Gasteiger partial charge in [0, 0.05) is 31.9 Å². The largest absolute Gasteiger partial charge is 0.444 e. The Morgan fingerprint density at radius 1 is 1.57 bits per heavy atom. The number of nitro groups is 1. The first-order chi connectivity index (χ1) is 10.8. The minimum atomic E-state index is -0.527. The summed E-state index contributed by atoms with van der Waals surface area (Å²) in [5.74, 6) is 0.599. The smallest absolute Gasteiger partial charge is 0.407 e. The van der Waals surface area contributed by atoms with E-state index in [0.29, 0.717) is 25.5 Å². The van der Waals surface area contributed by atoms with Gasteiger partial charge in [-0.15, -0.1) is 0 Å². The molecule has 2 heterocycles. The van der Waals surface area contributed by atoms with E-state index in [0.717, 1.165) is 6.42 Å². The number of alkyl carbamates (subject to hydrolysis) is 1. The van der Waals surface area contributed by atoms with Gasteiger partial charge in [0.25, 0.3) is 0 Å². The van der Waals surface area contributed by atoms with Gasteiger partial charge in [-0.25, -0.2) is 9.78 Å². The van der Waals surface area contributed by atoms with Crippen LogP contribution >= 0.6 is 0 Å². The number of hydrogen-bond donors (Lipinski definition) is 1. The molecule has 0 aliphatic carbocycles. The number of carbonyl (C=O) groups excluding carboxylic acids is 1. The highest BCUT2D eigenvalue weighted by Gasteiger charge is 2.29. The summed E-state index contributed by atoms with van der Waals surface area (Å²) in [6, 6.07) is 3.01. The number of anilines is 1. The van der Waals surface area contributed by atoms with Gasteiger partial charge in [0.2, 0.25) is 5.82 Å². The number of nitrogens with one attached hydrogen (secondary N) is 1. The van der Waals surface area contributed by atoms with Crippen LogP contribution in [0.3, 0.4) is 0 Å². The molecule has 0 saturated carbocycles. The fourth-order valence-corrected chi connectivity index (χ4v) is 2.51. The van der Waals surface area contributed by atoms with Crippen molar-refractivity contribution in [2.24, 2.45) is 5.92 Å². The van der Waals surface area contributed by atoms with Gasteiger partial charge in [-0.3, -0.25) is 10.1 Å². The SMILES string of the molecule is CC(C)(C)OC(=O)NCC1CCN(c2ncccc2[N+](=O)[O-])C1. The van der Waals surface area contributed by atoms with Gasteiger partial charge in [-0.2, -0.15) is 0 Å². The van der Waals surface area contributed by atoms with E-state index in [2.05, 4.69) is 10.3 Å². The summed E-state index contributed by atoms with van der Waals surface area (Å²) < 4.78 is 5.19. The molecule has 23 heavy (non-hydrogen) atoms. The first kappa shape index (κ1) is 17.0. The Hall–Kier alpha value is -2.38. The first-order valence-electron chi connectivity index (χ1n) is 7.57. The molecular formula is C15H22N4O4. The summed E-state index contributed by atoms with van der Waals surface area (Å²) in [7, 11) is 0. The lowest BCUT2D eigenvalue weighted by Gasteiger charge is -2.21. The number of amides is 1. The Balaban J connectivity index is 1.90. The molecule has 1 atom stereocenters. The van der Waals surface area contributed by atoms with E-state index in [-0.39, 0.29) is 11.6 Å². The van der Waals surface area contributed by atoms with Crippen molar-refractivity contribution in [2.45, 2.75) is 32.8 Å². The number of nitrogens with zero attached hydrogens (tertiary/aromatic N) is 3. The maximum Gasteiger partial charge on any atom is 0.407 e. The fraction of sp³-hybridized carbons (Fsp3) is 0.600. The molecule has 8 heteroatoms. The highest BCUT2D eigenvalue weighted by Crippen LogP contribution is 2.29. The van der Waals surface area contributed by atoms with Gasteiger partial charge >= 0.3 is 11.8 Å². The molecule has 0 spiro atoms. The van der Waals surface area contributed by atoms with Crippen molar-refractivity contribution in [3.63, 3.8) is 0 Å². The molecule has 1 unspecified atom stereocenters. The highest BCUT2D eigenvalue weighted by molar-refractivity contribution is 5.67. The molecule has 1 aromatic heterocycles. The van der Waals surface area contributed by atoms with Crippen molar-refractivity contribution < 1.29 is 14.5 Å². The van der Waals surface area contributed by atoms with Crippen LogP contribution in [0.4, 0.5) is 16.3 Å². The second-order valence-electron chi connectivity index (χ2n) is 6.59. The van der Waals surface area contributed by atoms with E-state index in [9.17, 15) is 14.9 Å². The zero-order valence-corrected chi connectivity index (χ0v) is 13.6. The minimum Gasteiger partial charge on any atom is -0.444 e. The van der Waals surface area contributed by atoms with Gasteiger partial charge in [0.05, 0.1) is 4.92 Å². The second-order valence-corrected chi connectivity index (χ2v) is 6.59. The Labute approximate surface area is 135 Å². The number of ether oxygens (including phenoxy) is 1. The van der Waals surface area contributed by atoms with Gasteiger partial charge in [0.1, 0.15) is 5.60 Å². The van der Waals surface area contributed by atoms with E-state index < -0.39 is 16.6 Å². The summed E-state index contributed by atoms with van der Waals surface area (Å²) in [5.41, 5.74) is -0.520. The van der Waals surface area contributed by atoms with E-state index in [1.807, 2.05) is 25.7 Å². The first-order valence-corrected chi connectivity index (χ1v) is 7.57. The summed E-state index contributed by atoms with van der Waals surface area (Å²) in [4.78, 5) is 28.3. The molecule has 1 fully saturated rings. The standard InChI is InChI=1S/C15H22N4O4/c1-15(2,3)23-14(20)17-9-11-6-8-18(10-11)13-12(19(21)22)5-4-7-16-13/h4-5,7,11H,6,8-10H2,1-3H3,(H,17,20). The average molecular weight is 322 g/mol. The van der Waals surface area contributed by atoms with Crippen LogP contribution in [-0.2, 0) is 4.74 Å². The van der Waals surface area contributed by atoms with E-state index in [1.165, 1.54) is 6.07 Å². The molecule has 1 saturated heterocycles. The Morgan fingerprint density at radius 2 is 2.30 bits per heavy atom. The van der Waals surface area contributed by atoms with Crippen LogP contribution in [0.2, 0.25) is 0 Å². The molecule has 1 aliphatic heterocycles. The lowest BCUT2D eigenvalue weighted by Crippen LogP contribution is -2.36. The van der Waals surface area contributed by atoms with Crippen molar-refractivity contribution >= 4 is 17.6 Å². The lowest BCUT2D eigenvalue weighted by atomic mass is 10.1. The number of aromatic nitrogens is 1. The van der Waals surface area contributed by atoms with Crippen LogP contribution in [0.15, 0.2) is 18.3 Å². The fourth-order valence-electron chi connectivity index (χ4n) is 2.51. The maximum absolute atomic E-state index is 11.7. The highest BCUT2D eigenvalue weighted by atomic mass is 16.6. The van der Waals surface area contributed by atoms with Crippen molar-refractivity contribution in [1.82, 2.24) is 10.3 Å². The number of hydrogen-bond acceptors (Lipinski definition) is 6. The third-order valence-corrected chi connectivity index (χ3v) is 3.48. The van der Waals surface area contributed by atoms with Gasteiger partial charge in [0.15, 0.2) is 0 Å². The Morgan fingerprint density at radius 3 is 2.96 bits per heavy atom. The van der Waals surface area contributed by atoms with Crippen LogP contribution in [-0.4, -0.2) is 41.2 Å². The third-order valence-electron chi connectivity index (χ3n) is 3.48. The molecule has 0 radical (unpaired) electrons. The van der Waals surface area contributed by atoms with Crippen molar-refractivity contribution in [3.8, 4) is 0 Å². The summed E-state index contributed by atoms with van der Waals surface area (Å²) in [5, 5.41) is 13.8. The number of rotatable bonds is 4. The van der Waals surface area contributed by atoms with Crippen LogP contribution < -0.4 is 10.2 Å². The normalized spacial score (nSPS) is 17.9. The molecule has 0 aromatic carbocycles. The minimum absolute atomic E-state index is 0.00764. The molecule has 1 N–H and O–H groups in total. The topological polar surface area (TPSA) is 97.6 Å². The van der Waals surface area contributed by atoms with E-state index in [4.69, 9.17) is 4.74 Å². The van der Waals surface area contributed by atoms with E-state index >= 15 is 0 Å². The predicted octanol–water partition coefficient (Wildman–Crippen LogP) is 2.34. The molecule has 0 bridgehead atoms. The average Bonchev–Trinajstić information content (AvgIpc) is 2.92. The van der Waals surface area contributed by atoms with E-state index in [1.54, 1.807) is 12.3 Å². The van der Waals surface area contributed by atoms with Crippen LogP contribution in [0.1, 0.15) is 27.2 Å². The molecule has 1 aliphatic rings. The monoisotopic (exact) mass is 322 g/mol. The summed E-state index contributed by atoms with van der Waals surface area (Å²) >= 11 is 0. The molecule has 1 amide bonds. The van der Waals surface area contributed by atoms with Crippen LogP contribution in [0.25, 0.3) is 0 Å². The third kappa shape index (κ3) is 4.80. The zero-order chi connectivity index (χ0) is 17.0.